The zero-order chi connectivity index (χ0) is 11.4. The maximum absolute atomic E-state index is 9.94. The molecule has 84 valence electrons. The van der Waals surface area contributed by atoms with E-state index < -0.39 is 0 Å². The zero-order valence-electron chi connectivity index (χ0n) is 10.2. The molecule has 0 aliphatic rings. The van der Waals surface area contributed by atoms with Crippen LogP contribution < -0.4 is 0 Å². The van der Waals surface area contributed by atoms with Crippen LogP contribution in [0.1, 0.15) is 63.5 Å². The van der Waals surface area contributed by atoms with E-state index in [0.717, 1.165) is 18.4 Å². The highest BCUT2D eigenvalue weighted by Gasteiger charge is 2.16. The lowest BCUT2D eigenvalue weighted by molar-refractivity contribution is 0.458. The predicted octanol–water partition coefficient (Wildman–Crippen LogP) is 4.42. The molecule has 2 atom stereocenters. The number of hydrogen-bond acceptors (Lipinski definition) is 1. The largest absolute Gasteiger partial charge is 0.508 e. The number of phenols is 1. The summed E-state index contributed by atoms with van der Waals surface area (Å²) in [4.78, 5) is 0. The van der Waals surface area contributed by atoms with Crippen molar-refractivity contribution in [2.24, 2.45) is 0 Å². The maximum Gasteiger partial charge on any atom is 0.119 e. The summed E-state index contributed by atoms with van der Waals surface area (Å²) in [6, 6.07) is 5.89. The lowest BCUT2D eigenvalue weighted by Gasteiger charge is -2.20. The fourth-order valence-corrected chi connectivity index (χ4v) is 1.96. The van der Waals surface area contributed by atoms with Gasteiger partial charge in [0.05, 0.1) is 0 Å². The molecular formula is C14H22O. The first kappa shape index (κ1) is 12.1. The van der Waals surface area contributed by atoms with Crippen molar-refractivity contribution in [3.05, 3.63) is 29.3 Å². The van der Waals surface area contributed by atoms with Gasteiger partial charge in [-0.05, 0) is 36.3 Å². The van der Waals surface area contributed by atoms with Gasteiger partial charge in [-0.25, -0.2) is 0 Å². The molecule has 1 N–H and O–H groups in total. The van der Waals surface area contributed by atoms with Gasteiger partial charge in [0.15, 0.2) is 0 Å². The minimum atomic E-state index is 0.440. The van der Waals surface area contributed by atoms with Crippen molar-refractivity contribution in [1.82, 2.24) is 0 Å². The highest BCUT2D eigenvalue weighted by Crippen LogP contribution is 2.35. The SMILES string of the molecule is CC[C@H](C)c1cccc(O)c1[C@@H](C)CC. The Kier molecular flexibility index (Phi) is 4.19. The summed E-state index contributed by atoms with van der Waals surface area (Å²) in [5.41, 5.74) is 2.46. The molecular weight excluding hydrogens is 184 g/mol. The second-order valence-corrected chi connectivity index (χ2v) is 4.40. The highest BCUT2D eigenvalue weighted by molar-refractivity contribution is 5.43. The maximum atomic E-state index is 9.94. The van der Waals surface area contributed by atoms with Crippen molar-refractivity contribution in [3.8, 4) is 5.75 Å². The molecule has 0 bridgehead atoms. The summed E-state index contributed by atoms with van der Waals surface area (Å²) in [5, 5.41) is 9.94. The van der Waals surface area contributed by atoms with Crippen molar-refractivity contribution < 1.29 is 5.11 Å². The van der Waals surface area contributed by atoms with Crippen LogP contribution in [0.2, 0.25) is 0 Å². The van der Waals surface area contributed by atoms with E-state index in [1.165, 1.54) is 5.56 Å². The molecule has 0 heterocycles. The summed E-state index contributed by atoms with van der Waals surface area (Å²) < 4.78 is 0. The first-order chi connectivity index (χ1) is 7.11. The van der Waals surface area contributed by atoms with Crippen LogP contribution in [0.25, 0.3) is 0 Å². The van der Waals surface area contributed by atoms with Gasteiger partial charge >= 0.3 is 0 Å². The van der Waals surface area contributed by atoms with Crippen LogP contribution in [0.3, 0.4) is 0 Å². The molecule has 0 saturated carbocycles. The lowest BCUT2D eigenvalue weighted by Crippen LogP contribution is -2.02. The zero-order valence-corrected chi connectivity index (χ0v) is 10.2. The highest BCUT2D eigenvalue weighted by atomic mass is 16.3. The molecule has 1 nitrogen and oxygen atoms in total. The molecule has 1 aromatic rings. The molecule has 0 unspecified atom stereocenters. The molecule has 0 amide bonds. The van der Waals surface area contributed by atoms with Gasteiger partial charge in [-0.2, -0.15) is 0 Å². The van der Waals surface area contributed by atoms with E-state index in [4.69, 9.17) is 0 Å². The molecule has 0 aromatic heterocycles. The summed E-state index contributed by atoms with van der Waals surface area (Å²) >= 11 is 0. The number of rotatable bonds is 4. The van der Waals surface area contributed by atoms with Crippen molar-refractivity contribution in [2.75, 3.05) is 0 Å². The average Bonchev–Trinajstić information content (AvgIpc) is 2.26. The minimum absolute atomic E-state index is 0.440. The van der Waals surface area contributed by atoms with Crippen LogP contribution >= 0.6 is 0 Å². The van der Waals surface area contributed by atoms with Gasteiger partial charge in [0.25, 0.3) is 0 Å². The Morgan fingerprint density at radius 1 is 1.07 bits per heavy atom. The van der Waals surface area contributed by atoms with Crippen molar-refractivity contribution in [1.29, 1.82) is 0 Å². The molecule has 0 radical (unpaired) electrons. The third-order valence-corrected chi connectivity index (χ3v) is 3.37. The average molecular weight is 206 g/mol. The number of benzene rings is 1. The molecule has 1 aromatic carbocycles. The van der Waals surface area contributed by atoms with E-state index >= 15 is 0 Å². The van der Waals surface area contributed by atoms with Crippen LogP contribution in [0.5, 0.6) is 5.75 Å². The van der Waals surface area contributed by atoms with E-state index in [0.29, 0.717) is 17.6 Å². The van der Waals surface area contributed by atoms with Gasteiger partial charge < -0.3 is 5.11 Å². The van der Waals surface area contributed by atoms with Gasteiger partial charge in [-0.3, -0.25) is 0 Å². The van der Waals surface area contributed by atoms with Gasteiger partial charge in [-0.1, -0.05) is 39.8 Å². The molecule has 0 spiro atoms. The summed E-state index contributed by atoms with van der Waals surface area (Å²) in [6.07, 6.45) is 2.19. The second-order valence-electron chi connectivity index (χ2n) is 4.40. The quantitative estimate of drug-likeness (QED) is 0.773. The standard InChI is InChI=1S/C14H22O/c1-5-10(3)12-8-7-9-13(15)14(12)11(4)6-2/h7-11,15H,5-6H2,1-4H3/t10-,11-/m0/s1. The number of phenolic OH excluding ortho intramolecular Hbond substituents is 1. The Hall–Kier alpha value is -0.980. The third kappa shape index (κ3) is 2.53. The van der Waals surface area contributed by atoms with Gasteiger partial charge in [0.1, 0.15) is 5.75 Å². The summed E-state index contributed by atoms with van der Waals surface area (Å²) in [7, 11) is 0. The van der Waals surface area contributed by atoms with Crippen LogP contribution in [-0.4, -0.2) is 5.11 Å². The minimum Gasteiger partial charge on any atom is -0.508 e. The van der Waals surface area contributed by atoms with E-state index in [2.05, 4.69) is 33.8 Å². The van der Waals surface area contributed by atoms with Gasteiger partial charge in [0, 0.05) is 5.56 Å². The molecule has 0 fully saturated rings. The van der Waals surface area contributed by atoms with E-state index in [9.17, 15) is 5.11 Å². The van der Waals surface area contributed by atoms with Crippen LogP contribution in [-0.2, 0) is 0 Å². The fourth-order valence-electron chi connectivity index (χ4n) is 1.96. The Labute approximate surface area is 93.1 Å². The topological polar surface area (TPSA) is 20.2 Å². The molecule has 1 rings (SSSR count). The third-order valence-electron chi connectivity index (χ3n) is 3.37. The van der Waals surface area contributed by atoms with Crippen molar-refractivity contribution >= 4 is 0 Å². The Bertz CT molecular complexity index is 317. The number of aromatic hydroxyl groups is 1. The van der Waals surface area contributed by atoms with E-state index in [1.807, 2.05) is 6.07 Å². The Morgan fingerprint density at radius 2 is 1.67 bits per heavy atom. The molecule has 15 heavy (non-hydrogen) atoms. The number of hydrogen-bond donors (Lipinski definition) is 1. The smallest absolute Gasteiger partial charge is 0.119 e. The monoisotopic (exact) mass is 206 g/mol. The second kappa shape index (κ2) is 5.20. The fraction of sp³-hybridized carbons (Fsp3) is 0.571. The van der Waals surface area contributed by atoms with Crippen molar-refractivity contribution in [3.63, 3.8) is 0 Å². The Morgan fingerprint density at radius 3 is 2.20 bits per heavy atom. The van der Waals surface area contributed by atoms with E-state index in [1.54, 1.807) is 6.07 Å². The van der Waals surface area contributed by atoms with Crippen LogP contribution in [0.4, 0.5) is 0 Å². The van der Waals surface area contributed by atoms with E-state index in [-0.39, 0.29) is 0 Å². The molecule has 0 aliphatic heterocycles. The van der Waals surface area contributed by atoms with Gasteiger partial charge in [-0.15, -0.1) is 0 Å². The first-order valence-electron chi connectivity index (χ1n) is 5.93. The van der Waals surface area contributed by atoms with Crippen molar-refractivity contribution in [2.45, 2.75) is 52.4 Å². The first-order valence-corrected chi connectivity index (χ1v) is 5.93. The van der Waals surface area contributed by atoms with Crippen LogP contribution in [0, 0.1) is 0 Å². The predicted molar refractivity (Wildman–Crippen MR) is 65.5 cm³/mol. The lowest BCUT2D eigenvalue weighted by atomic mass is 9.86. The normalized spacial score (nSPS) is 14.9. The van der Waals surface area contributed by atoms with Gasteiger partial charge in [0.2, 0.25) is 0 Å². The molecule has 0 saturated heterocycles. The molecule has 0 aliphatic carbocycles. The molecule has 1 heteroatoms. The Balaban J connectivity index is 3.19. The summed E-state index contributed by atoms with van der Waals surface area (Å²) in [5.74, 6) is 1.43. The van der Waals surface area contributed by atoms with Crippen LogP contribution in [0.15, 0.2) is 18.2 Å². The summed E-state index contributed by atoms with van der Waals surface area (Å²) in [6.45, 7) is 8.76.